The third-order valence-corrected chi connectivity index (χ3v) is 5.37. The van der Waals surface area contributed by atoms with Crippen LogP contribution in [0.15, 0.2) is 27.4 Å². The van der Waals surface area contributed by atoms with Gasteiger partial charge in [0.05, 0.1) is 0 Å². The lowest BCUT2D eigenvalue weighted by Gasteiger charge is -2.11. The molecule has 2 heterocycles. The van der Waals surface area contributed by atoms with E-state index in [0.29, 0.717) is 6.04 Å². The molecule has 0 saturated heterocycles. The number of rotatable bonds is 4. The van der Waals surface area contributed by atoms with Gasteiger partial charge in [-0.1, -0.05) is 0 Å². The smallest absolute Gasteiger partial charge is 0.0314 e. The Morgan fingerprint density at radius 2 is 2.31 bits per heavy atom. The van der Waals surface area contributed by atoms with Crippen LogP contribution in [-0.4, -0.2) is 0 Å². The maximum absolute atomic E-state index is 3.55. The Balaban J connectivity index is 1.92. The molecule has 0 radical (unpaired) electrons. The highest BCUT2D eigenvalue weighted by Crippen LogP contribution is 2.26. The molecular formula is C12H14BrNS2. The molecule has 0 aliphatic heterocycles. The molecule has 0 aliphatic rings. The minimum Gasteiger partial charge on any atom is -0.305 e. The van der Waals surface area contributed by atoms with Gasteiger partial charge in [0, 0.05) is 26.8 Å². The van der Waals surface area contributed by atoms with Crippen molar-refractivity contribution in [3.8, 4) is 0 Å². The third kappa shape index (κ3) is 2.94. The summed E-state index contributed by atoms with van der Waals surface area (Å²) in [5.74, 6) is 0. The Bertz CT molecular complexity index is 428. The van der Waals surface area contributed by atoms with Crippen molar-refractivity contribution in [3.63, 3.8) is 0 Å². The van der Waals surface area contributed by atoms with Gasteiger partial charge < -0.3 is 5.32 Å². The van der Waals surface area contributed by atoms with Crippen molar-refractivity contribution >= 4 is 38.6 Å². The molecule has 0 aliphatic carbocycles. The van der Waals surface area contributed by atoms with E-state index in [-0.39, 0.29) is 0 Å². The number of thiophene rings is 2. The van der Waals surface area contributed by atoms with Crippen LogP contribution in [0.5, 0.6) is 0 Å². The summed E-state index contributed by atoms with van der Waals surface area (Å²) in [5.41, 5.74) is 1.37. The summed E-state index contributed by atoms with van der Waals surface area (Å²) in [6.45, 7) is 5.28. The molecule has 1 nitrogen and oxygen atoms in total. The lowest BCUT2D eigenvalue weighted by molar-refractivity contribution is 0.580. The molecule has 4 heteroatoms. The van der Waals surface area contributed by atoms with Crippen molar-refractivity contribution < 1.29 is 0 Å². The van der Waals surface area contributed by atoms with Crippen molar-refractivity contribution in [2.45, 2.75) is 26.4 Å². The zero-order valence-electron chi connectivity index (χ0n) is 9.29. The van der Waals surface area contributed by atoms with Crippen molar-refractivity contribution in [1.82, 2.24) is 5.32 Å². The molecule has 1 atom stereocenters. The second kappa shape index (κ2) is 5.45. The first kappa shape index (κ1) is 12.3. The number of halogens is 1. The fourth-order valence-corrected chi connectivity index (χ4v) is 3.80. The summed E-state index contributed by atoms with van der Waals surface area (Å²) in [6.07, 6.45) is 0. The zero-order chi connectivity index (χ0) is 11.5. The van der Waals surface area contributed by atoms with E-state index in [9.17, 15) is 0 Å². The van der Waals surface area contributed by atoms with Crippen LogP contribution in [0, 0.1) is 6.92 Å². The molecule has 1 N–H and O–H groups in total. The first-order valence-corrected chi connectivity index (χ1v) is 7.72. The maximum atomic E-state index is 3.55. The Kier molecular flexibility index (Phi) is 4.19. The van der Waals surface area contributed by atoms with E-state index >= 15 is 0 Å². The molecule has 2 rings (SSSR count). The Morgan fingerprint density at radius 1 is 1.50 bits per heavy atom. The molecule has 0 saturated carbocycles. The lowest BCUT2D eigenvalue weighted by atomic mass is 10.2. The van der Waals surface area contributed by atoms with Crippen molar-refractivity contribution in [2.75, 3.05) is 0 Å². The molecule has 0 bridgehead atoms. The van der Waals surface area contributed by atoms with Gasteiger partial charge in [-0.05, 0) is 58.2 Å². The molecule has 1 unspecified atom stereocenters. The second-order valence-corrected chi connectivity index (χ2v) is 6.75. The first-order chi connectivity index (χ1) is 7.66. The number of aryl methyl sites for hydroxylation is 1. The van der Waals surface area contributed by atoms with E-state index in [1.807, 2.05) is 11.3 Å². The van der Waals surface area contributed by atoms with Crippen LogP contribution in [-0.2, 0) is 6.54 Å². The van der Waals surface area contributed by atoms with Gasteiger partial charge in [-0.2, -0.15) is 11.3 Å². The van der Waals surface area contributed by atoms with Gasteiger partial charge in [-0.15, -0.1) is 11.3 Å². The van der Waals surface area contributed by atoms with Crippen LogP contribution < -0.4 is 5.32 Å². The molecule has 0 aromatic carbocycles. The largest absolute Gasteiger partial charge is 0.305 e. The quantitative estimate of drug-likeness (QED) is 0.860. The van der Waals surface area contributed by atoms with Crippen LogP contribution in [0.1, 0.15) is 28.3 Å². The van der Waals surface area contributed by atoms with Crippen molar-refractivity contribution in [2.24, 2.45) is 0 Å². The molecule has 0 fully saturated rings. The average molecular weight is 316 g/mol. The highest BCUT2D eigenvalue weighted by molar-refractivity contribution is 9.10. The van der Waals surface area contributed by atoms with Crippen LogP contribution in [0.3, 0.4) is 0 Å². The number of nitrogens with one attached hydrogen (secondary N) is 1. The Labute approximate surface area is 113 Å². The summed E-state index contributed by atoms with van der Waals surface area (Å²) < 4.78 is 1.22. The van der Waals surface area contributed by atoms with E-state index in [2.05, 4.69) is 58.0 Å². The number of hydrogen-bond acceptors (Lipinski definition) is 3. The molecule has 2 aromatic rings. The van der Waals surface area contributed by atoms with Crippen LogP contribution in [0.2, 0.25) is 0 Å². The monoisotopic (exact) mass is 315 g/mol. The minimum absolute atomic E-state index is 0.424. The van der Waals surface area contributed by atoms with Gasteiger partial charge in [-0.3, -0.25) is 0 Å². The fraction of sp³-hybridized carbons (Fsp3) is 0.333. The lowest BCUT2D eigenvalue weighted by Crippen LogP contribution is -2.16. The highest BCUT2D eigenvalue weighted by Gasteiger charge is 2.07. The molecule has 16 heavy (non-hydrogen) atoms. The SMILES string of the molecule is Cc1sc(CNC(C)c2ccsc2)cc1Br. The van der Waals surface area contributed by atoms with Crippen molar-refractivity contribution in [1.29, 1.82) is 0 Å². The summed E-state index contributed by atoms with van der Waals surface area (Å²) in [5, 5.41) is 7.86. The van der Waals surface area contributed by atoms with E-state index in [0.717, 1.165) is 6.54 Å². The van der Waals surface area contributed by atoms with Gasteiger partial charge in [0.1, 0.15) is 0 Å². The highest BCUT2D eigenvalue weighted by atomic mass is 79.9. The predicted octanol–water partition coefficient (Wildman–Crippen LogP) is 4.73. The Morgan fingerprint density at radius 3 is 2.88 bits per heavy atom. The van der Waals surface area contributed by atoms with Gasteiger partial charge in [0.25, 0.3) is 0 Å². The van der Waals surface area contributed by atoms with Gasteiger partial charge in [0.15, 0.2) is 0 Å². The topological polar surface area (TPSA) is 12.0 Å². The summed E-state index contributed by atoms with van der Waals surface area (Å²) in [4.78, 5) is 2.73. The molecule has 2 aromatic heterocycles. The van der Waals surface area contributed by atoms with E-state index in [1.54, 1.807) is 11.3 Å². The van der Waals surface area contributed by atoms with Gasteiger partial charge in [0.2, 0.25) is 0 Å². The normalized spacial score (nSPS) is 12.9. The van der Waals surface area contributed by atoms with E-state index in [4.69, 9.17) is 0 Å². The molecular weight excluding hydrogens is 302 g/mol. The average Bonchev–Trinajstić information content (AvgIpc) is 2.86. The molecule has 0 spiro atoms. The summed E-state index contributed by atoms with van der Waals surface area (Å²) >= 11 is 7.14. The van der Waals surface area contributed by atoms with Gasteiger partial charge >= 0.3 is 0 Å². The second-order valence-electron chi connectivity index (χ2n) is 3.78. The van der Waals surface area contributed by atoms with Crippen LogP contribution in [0.4, 0.5) is 0 Å². The number of hydrogen-bond donors (Lipinski definition) is 1. The fourth-order valence-electron chi connectivity index (χ4n) is 1.50. The predicted molar refractivity (Wildman–Crippen MR) is 76.3 cm³/mol. The maximum Gasteiger partial charge on any atom is 0.0314 e. The van der Waals surface area contributed by atoms with Crippen molar-refractivity contribution in [3.05, 3.63) is 42.7 Å². The first-order valence-electron chi connectivity index (χ1n) is 5.17. The molecule has 0 amide bonds. The van der Waals surface area contributed by atoms with E-state index < -0.39 is 0 Å². The zero-order valence-corrected chi connectivity index (χ0v) is 12.5. The van der Waals surface area contributed by atoms with Crippen LogP contribution in [0.25, 0.3) is 0 Å². The summed E-state index contributed by atoms with van der Waals surface area (Å²) in [6, 6.07) is 4.80. The van der Waals surface area contributed by atoms with E-state index in [1.165, 1.54) is 19.8 Å². The molecule has 86 valence electrons. The third-order valence-electron chi connectivity index (χ3n) is 2.53. The van der Waals surface area contributed by atoms with Gasteiger partial charge in [-0.25, -0.2) is 0 Å². The minimum atomic E-state index is 0.424. The standard InChI is InChI=1S/C12H14BrNS2/c1-8(10-3-4-15-7-10)14-6-11-5-12(13)9(2)16-11/h3-5,7-8,14H,6H2,1-2H3. The summed E-state index contributed by atoms with van der Waals surface area (Å²) in [7, 11) is 0. The van der Waals surface area contributed by atoms with Crippen LogP contribution >= 0.6 is 38.6 Å². The Hall–Kier alpha value is -0.160.